The zero-order valence-corrected chi connectivity index (χ0v) is 16.0. The number of nitro benzene ring substituents is 2. The Kier molecular flexibility index (Phi) is 6.93. The maximum Gasteiger partial charge on any atom is 0.277 e. The van der Waals surface area contributed by atoms with Crippen LogP contribution in [0.5, 0.6) is 5.75 Å². The van der Waals surface area contributed by atoms with Crippen molar-refractivity contribution < 1.29 is 19.4 Å². The molecule has 0 spiro atoms. The van der Waals surface area contributed by atoms with Gasteiger partial charge in [-0.15, -0.1) is 0 Å². The number of anilines is 1. The lowest BCUT2D eigenvalue weighted by molar-refractivity contribution is -0.394. The Morgan fingerprint density at radius 2 is 1.72 bits per heavy atom. The van der Waals surface area contributed by atoms with Crippen molar-refractivity contribution in [2.45, 2.75) is 6.92 Å². The Labute approximate surface area is 170 Å². The van der Waals surface area contributed by atoms with Crippen molar-refractivity contribution in [1.82, 2.24) is 5.32 Å². The topological polar surface area (TPSA) is 137 Å². The zero-order chi connectivity index (χ0) is 21.6. The number of ether oxygens (including phenoxy) is 1. The fourth-order valence-electron chi connectivity index (χ4n) is 2.16. The number of carbonyl (C=O) groups is 1. The molecule has 2 aromatic carbocycles. The van der Waals surface area contributed by atoms with Crippen LogP contribution < -0.4 is 15.4 Å². The molecule has 0 aliphatic rings. The quantitative estimate of drug-likeness (QED) is 0.302. The summed E-state index contributed by atoms with van der Waals surface area (Å²) in [6.07, 6.45) is 0. The van der Waals surface area contributed by atoms with Gasteiger partial charge < -0.3 is 10.1 Å². The number of benzene rings is 2. The molecule has 0 radical (unpaired) electrons. The van der Waals surface area contributed by atoms with Gasteiger partial charge in [0, 0.05) is 12.1 Å². The molecule has 0 saturated heterocycles. The van der Waals surface area contributed by atoms with Crippen molar-refractivity contribution >= 4 is 40.3 Å². The number of para-hydroxylation sites is 2. The van der Waals surface area contributed by atoms with E-state index in [-0.39, 0.29) is 17.3 Å². The van der Waals surface area contributed by atoms with Gasteiger partial charge in [0.15, 0.2) is 5.11 Å². The number of hydrogen-bond donors (Lipinski definition) is 2. The van der Waals surface area contributed by atoms with E-state index in [0.29, 0.717) is 11.4 Å². The lowest BCUT2D eigenvalue weighted by Gasteiger charge is -2.14. The van der Waals surface area contributed by atoms with Gasteiger partial charge in [-0.25, -0.2) is 0 Å². The Hall–Kier alpha value is -3.86. The zero-order valence-electron chi connectivity index (χ0n) is 15.2. The summed E-state index contributed by atoms with van der Waals surface area (Å²) in [6.45, 7) is 5.84. The highest BCUT2D eigenvalue weighted by Gasteiger charge is 2.20. The minimum Gasteiger partial charge on any atom is -0.487 e. The number of nitro groups is 2. The standard InChI is InChI=1S/C18H16N4O6S/c1-11(2)10-28-16-6-4-3-5-15(16)19-18(29)20-17(23)12-7-13(21(24)25)9-14(8-12)22(26)27/h3-9H,1,10H2,2H3,(H2,19,20,23,29). The molecule has 0 saturated carbocycles. The summed E-state index contributed by atoms with van der Waals surface area (Å²) in [4.78, 5) is 32.6. The van der Waals surface area contributed by atoms with Crippen molar-refractivity contribution in [1.29, 1.82) is 0 Å². The number of nitrogens with zero attached hydrogens (tertiary/aromatic N) is 2. The minimum atomic E-state index is -0.838. The van der Waals surface area contributed by atoms with Gasteiger partial charge >= 0.3 is 0 Å². The van der Waals surface area contributed by atoms with Crippen LogP contribution in [0.3, 0.4) is 0 Å². The van der Waals surface area contributed by atoms with Crippen molar-refractivity contribution in [3.8, 4) is 5.75 Å². The molecule has 11 heteroatoms. The molecule has 0 aliphatic carbocycles. The van der Waals surface area contributed by atoms with Gasteiger partial charge in [-0.3, -0.25) is 30.3 Å². The van der Waals surface area contributed by atoms with Gasteiger partial charge in [-0.05, 0) is 36.8 Å². The second-order valence-corrected chi connectivity index (χ2v) is 6.31. The number of nitrogens with one attached hydrogen (secondary N) is 2. The smallest absolute Gasteiger partial charge is 0.277 e. The van der Waals surface area contributed by atoms with Crippen molar-refractivity contribution in [3.63, 3.8) is 0 Å². The first-order valence-electron chi connectivity index (χ1n) is 8.10. The summed E-state index contributed by atoms with van der Waals surface area (Å²) < 4.78 is 5.59. The van der Waals surface area contributed by atoms with Gasteiger partial charge in [0.2, 0.25) is 0 Å². The summed E-state index contributed by atoms with van der Waals surface area (Å²) in [6, 6.07) is 9.46. The summed E-state index contributed by atoms with van der Waals surface area (Å²) in [5.41, 5.74) is -0.155. The molecule has 0 heterocycles. The summed E-state index contributed by atoms with van der Waals surface area (Å²) in [5, 5.41) is 26.9. The van der Waals surface area contributed by atoms with Gasteiger partial charge in [0.05, 0.1) is 27.2 Å². The van der Waals surface area contributed by atoms with Gasteiger partial charge in [-0.1, -0.05) is 18.7 Å². The minimum absolute atomic E-state index is 0.115. The lowest BCUT2D eigenvalue weighted by Crippen LogP contribution is -2.34. The van der Waals surface area contributed by atoms with Gasteiger partial charge in [0.1, 0.15) is 12.4 Å². The average Bonchev–Trinajstić information content (AvgIpc) is 2.66. The number of thiocarbonyl (C=S) groups is 1. The van der Waals surface area contributed by atoms with E-state index in [2.05, 4.69) is 17.2 Å². The number of non-ortho nitro benzene ring substituents is 2. The number of carbonyl (C=O) groups excluding carboxylic acids is 1. The molecule has 0 unspecified atom stereocenters. The number of hydrogen-bond acceptors (Lipinski definition) is 7. The van der Waals surface area contributed by atoms with Crippen molar-refractivity contribution in [3.05, 3.63) is 80.4 Å². The predicted octanol–water partition coefficient (Wildman–Crippen LogP) is 3.58. The van der Waals surface area contributed by atoms with Gasteiger partial charge in [-0.2, -0.15) is 0 Å². The highest BCUT2D eigenvalue weighted by molar-refractivity contribution is 7.80. The number of amides is 1. The number of rotatable bonds is 7. The van der Waals surface area contributed by atoms with Crippen molar-refractivity contribution in [2.75, 3.05) is 11.9 Å². The maximum atomic E-state index is 12.4. The van der Waals surface area contributed by atoms with Crippen LogP contribution in [0.1, 0.15) is 17.3 Å². The van der Waals surface area contributed by atoms with E-state index in [1.54, 1.807) is 31.2 Å². The Morgan fingerprint density at radius 3 is 2.28 bits per heavy atom. The molecule has 10 nitrogen and oxygen atoms in total. The fourth-order valence-corrected chi connectivity index (χ4v) is 2.37. The fraction of sp³-hybridized carbons (Fsp3) is 0.111. The van der Waals surface area contributed by atoms with E-state index >= 15 is 0 Å². The van der Waals surface area contributed by atoms with E-state index in [1.807, 2.05) is 0 Å². The van der Waals surface area contributed by atoms with Crippen LogP contribution in [0.2, 0.25) is 0 Å². The molecule has 0 atom stereocenters. The first-order valence-corrected chi connectivity index (χ1v) is 8.50. The molecule has 2 N–H and O–H groups in total. The first kappa shape index (κ1) is 21.4. The Bertz CT molecular complexity index is 975. The molecular formula is C18H16N4O6S. The van der Waals surface area contributed by atoms with Crippen molar-refractivity contribution in [2.24, 2.45) is 0 Å². The third-order valence-corrected chi connectivity index (χ3v) is 3.63. The average molecular weight is 416 g/mol. The van der Waals surface area contributed by atoms with E-state index in [9.17, 15) is 25.0 Å². The second-order valence-electron chi connectivity index (χ2n) is 5.90. The van der Waals surface area contributed by atoms with Crippen LogP contribution in [0.4, 0.5) is 17.1 Å². The van der Waals surface area contributed by atoms with E-state index in [0.717, 1.165) is 23.8 Å². The monoisotopic (exact) mass is 416 g/mol. The van der Waals surface area contributed by atoms with Crippen LogP contribution in [-0.4, -0.2) is 27.5 Å². The summed E-state index contributed by atoms with van der Waals surface area (Å²) in [7, 11) is 0. The molecule has 2 aromatic rings. The van der Waals surface area contributed by atoms with Crippen LogP contribution in [-0.2, 0) is 0 Å². The summed E-state index contributed by atoms with van der Waals surface area (Å²) in [5.74, 6) is -0.368. The second kappa shape index (κ2) is 9.37. The molecule has 2 rings (SSSR count). The van der Waals surface area contributed by atoms with E-state index in [1.165, 1.54) is 0 Å². The Balaban J connectivity index is 2.16. The third-order valence-electron chi connectivity index (χ3n) is 3.42. The molecule has 0 aliphatic heterocycles. The van der Waals surface area contributed by atoms with E-state index < -0.39 is 27.1 Å². The first-order chi connectivity index (χ1) is 13.7. The van der Waals surface area contributed by atoms with Crippen LogP contribution in [0.15, 0.2) is 54.6 Å². The highest BCUT2D eigenvalue weighted by atomic mass is 32.1. The van der Waals surface area contributed by atoms with Gasteiger partial charge in [0.25, 0.3) is 17.3 Å². The lowest BCUT2D eigenvalue weighted by atomic mass is 10.1. The molecule has 1 amide bonds. The molecule has 0 fully saturated rings. The molecule has 150 valence electrons. The molecule has 29 heavy (non-hydrogen) atoms. The molecule has 0 aromatic heterocycles. The normalized spacial score (nSPS) is 9.97. The Morgan fingerprint density at radius 1 is 1.14 bits per heavy atom. The third kappa shape index (κ3) is 6.07. The maximum absolute atomic E-state index is 12.4. The van der Waals surface area contributed by atoms with E-state index in [4.69, 9.17) is 17.0 Å². The molecular weight excluding hydrogens is 400 g/mol. The van der Waals surface area contributed by atoms with Crippen LogP contribution in [0, 0.1) is 20.2 Å². The predicted molar refractivity (Wildman–Crippen MR) is 110 cm³/mol. The van der Waals surface area contributed by atoms with Crippen LogP contribution >= 0.6 is 12.2 Å². The van der Waals surface area contributed by atoms with Crippen LogP contribution in [0.25, 0.3) is 0 Å². The molecule has 0 bridgehead atoms. The summed E-state index contributed by atoms with van der Waals surface area (Å²) >= 11 is 5.09. The highest BCUT2D eigenvalue weighted by Crippen LogP contribution is 2.25. The largest absolute Gasteiger partial charge is 0.487 e. The SMILES string of the molecule is C=C(C)COc1ccccc1NC(=S)NC(=O)c1cc([N+](=O)[O-])cc([N+](=O)[O-])c1.